The average molecular weight is 739 g/mol. The lowest BCUT2D eigenvalue weighted by Gasteiger charge is -2.32. The lowest BCUT2D eigenvalue weighted by Crippen LogP contribution is -2.41. The van der Waals surface area contributed by atoms with E-state index in [4.69, 9.17) is 20.4 Å². The van der Waals surface area contributed by atoms with Crippen LogP contribution in [0.4, 0.5) is 4.79 Å². The summed E-state index contributed by atoms with van der Waals surface area (Å²) in [5, 5.41) is 3.08. The molecule has 0 aliphatic carbocycles. The summed E-state index contributed by atoms with van der Waals surface area (Å²) >= 11 is 0. The zero-order valence-electron chi connectivity index (χ0n) is 34.0. The summed E-state index contributed by atoms with van der Waals surface area (Å²) < 4.78 is 9.87. The topological polar surface area (TPSA) is 100.0 Å². The SMILES string of the molecule is CC(C)(C)OC(=O)N[C@@H](c1nc(-c2ccccc2)cn1Cc1ccccc1)C(C)(C)C.CC(C)(C)[C@@H](N)c1nc(-c2ccccc2)cn1Cc1ccccc1. The number of carbonyl (C=O) groups excluding carboxylic acids is 1. The van der Waals surface area contributed by atoms with Crippen LogP contribution in [0.1, 0.15) is 97.2 Å². The van der Waals surface area contributed by atoms with Gasteiger partial charge in [-0.2, -0.15) is 0 Å². The van der Waals surface area contributed by atoms with Crippen molar-refractivity contribution in [1.29, 1.82) is 0 Å². The Labute approximate surface area is 327 Å². The van der Waals surface area contributed by atoms with E-state index in [1.165, 1.54) is 11.1 Å². The smallest absolute Gasteiger partial charge is 0.408 e. The predicted molar refractivity (Wildman–Crippen MR) is 224 cm³/mol. The summed E-state index contributed by atoms with van der Waals surface area (Å²) in [6.07, 6.45) is 3.74. The molecule has 0 aliphatic heterocycles. The molecule has 1 amide bonds. The number of ether oxygens (including phenoxy) is 1. The van der Waals surface area contributed by atoms with Crippen LogP contribution in [0.5, 0.6) is 0 Å². The van der Waals surface area contributed by atoms with Gasteiger partial charge < -0.3 is 24.9 Å². The van der Waals surface area contributed by atoms with E-state index in [-0.39, 0.29) is 22.9 Å². The number of nitrogens with one attached hydrogen (secondary N) is 1. The molecule has 2 atom stereocenters. The van der Waals surface area contributed by atoms with Crippen molar-refractivity contribution in [2.75, 3.05) is 0 Å². The van der Waals surface area contributed by atoms with Gasteiger partial charge in [-0.15, -0.1) is 0 Å². The van der Waals surface area contributed by atoms with Crippen molar-refractivity contribution in [3.63, 3.8) is 0 Å². The summed E-state index contributed by atoms with van der Waals surface area (Å²) in [7, 11) is 0. The van der Waals surface area contributed by atoms with E-state index >= 15 is 0 Å². The van der Waals surface area contributed by atoms with Crippen molar-refractivity contribution in [2.24, 2.45) is 16.6 Å². The lowest BCUT2D eigenvalue weighted by molar-refractivity contribution is 0.0456. The second-order valence-corrected chi connectivity index (χ2v) is 17.2. The summed E-state index contributed by atoms with van der Waals surface area (Å²) in [6.45, 7) is 19.8. The molecule has 0 saturated carbocycles. The summed E-state index contributed by atoms with van der Waals surface area (Å²) in [6, 6.07) is 40.6. The molecule has 2 heterocycles. The molecule has 0 spiro atoms. The molecule has 0 radical (unpaired) electrons. The first-order valence-electron chi connectivity index (χ1n) is 19.1. The molecular formula is C47H58N6O2. The van der Waals surface area contributed by atoms with E-state index in [2.05, 4.69) is 117 Å². The molecule has 0 aliphatic rings. The number of imidazole rings is 2. The number of alkyl carbamates (subject to hydrolysis) is 1. The Hall–Kier alpha value is -5.47. The Morgan fingerprint density at radius 1 is 0.600 bits per heavy atom. The molecule has 6 aromatic rings. The van der Waals surface area contributed by atoms with E-state index in [0.717, 1.165) is 40.7 Å². The van der Waals surface area contributed by atoms with Gasteiger partial charge in [-0.1, -0.05) is 163 Å². The van der Waals surface area contributed by atoms with Crippen molar-refractivity contribution >= 4 is 6.09 Å². The molecule has 288 valence electrons. The van der Waals surface area contributed by atoms with Crippen LogP contribution in [0.15, 0.2) is 134 Å². The second kappa shape index (κ2) is 17.3. The van der Waals surface area contributed by atoms with Gasteiger partial charge in [0, 0.05) is 36.6 Å². The molecule has 6 rings (SSSR count). The molecule has 8 nitrogen and oxygen atoms in total. The van der Waals surface area contributed by atoms with Gasteiger partial charge in [-0.05, 0) is 42.7 Å². The molecule has 8 heteroatoms. The van der Waals surface area contributed by atoms with E-state index in [0.29, 0.717) is 6.54 Å². The van der Waals surface area contributed by atoms with Crippen LogP contribution < -0.4 is 11.1 Å². The number of nitrogens with two attached hydrogens (primary N) is 1. The molecular weight excluding hydrogens is 681 g/mol. The first-order valence-corrected chi connectivity index (χ1v) is 19.1. The zero-order valence-corrected chi connectivity index (χ0v) is 34.0. The van der Waals surface area contributed by atoms with E-state index in [1.54, 1.807) is 0 Å². The van der Waals surface area contributed by atoms with Crippen LogP contribution >= 0.6 is 0 Å². The monoisotopic (exact) mass is 738 g/mol. The Morgan fingerprint density at radius 2 is 0.982 bits per heavy atom. The standard InChI is InChI=1S/C26H33N3O2.C21H25N3/c1-25(2,3)22(28-24(30)31-26(4,5)6)23-27-21(20-15-11-8-12-16-20)18-29(23)17-19-13-9-7-10-14-19;1-21(2,3)19(22)20-23-18(17-12-8-5-9-13-17)15-24(20)14-16-10-6-4-7-11-16/h7-16,18,22H,17H2,1-6H3,(H,28,30);4-13,15,19H,14,22H2,1-3H3/t22-;19-/m00/s1. The number of amides is 1. The van der Waals surface area contributed by atoms with E-state index < -0.39 is 11.7 Å². The van der Waals surface area contributed by atoms with Gasteiger partial charge in [0.25, 0.3) is 0 Å². The number of benzene rings is 4. The van der Waals surface area contributed by atoms with Crippen molar-refractivity contribution < 1.29 is 9.53 Å². The van der Waals surface area contributed by atoms with Gasteiger partial charge in [0.05, 0.1) is 23.5 Å². The lowest BCUT2D eigenvalue weighted by atomic mass is 9.86. The van der Waals surface area contributed by atoms with E-state index in [1.807, 2.05) is 93.6 Å². The minimum atomic E-state index is -0.568. The van der Waals surface area contributed by atoms with Crippen molar-refractivity contribution in [1.82, 2.24) is 24.4 Å². The molecule has 0 unspecified atom stereocenters. The second-order valence-electron chi connectivity index (χ2n) is 17.2. The average Bonchev–Trinajstić information content (AvgIpc) is 3.75. The molecule has 0 fully saturated rings. The van der Waals surface area contributed by atoms with Crippen LogP contribution in [-0.4, -0.2) is 30.8 Å². The maximum Gasteiger partial charge on any atom is 0.408 e. The Kier molecular flexibility index (Phi) is 12.8. The predicted octanol–water partition coefficient (Wildman–Crippen LogP) is 10.9. The fourth-order valence-electron chi connectivity index (χ4n) is 6.13. The molecule has 0 saturated heterocycles. The minimum Gasteiger partial charge on any atom is -0.444 e. The van der Waals surface area contributed by atoms with Gasteiger partial charge in [0.15, 0.2) is 0 Å². The fourth-order valence-corrected chi connectivity index (χ4v) is 6.13. The number of nitrogens with zero attached hydrogens (tertiary/aromatic N) is 4. The maximum absolute atomic E-state index is 12.7. The third-order valence-corrected chi connectivity index (χ3v) is 9.14. The highest BCUT2D eigenvalue weighted by atomic mass is 16.6. The highest BCUT2D eigenvalue weighted by Crippen LogP contribution is 2.35. The minimum absolute atomic E-state index is 0.0479. The van der Waals surface area contributed by atoms with E-state index in [9.17, 15) is 4.79 Å². The van der Waals surface area contributed by atoms with Gasteiger partial charge in [-0.25, -0.2) is 14.8 Å². The largest absolute Gasteiger partial charge is 0.444 e. The number of rotatable bonds is 9. The van der Waals surface area contributed by atoms with Crippen LogP contribution in [0.25, 0.3) is 22.5 Å². The van der Waals surface area contributed by atoms with Gasteiger partial charge in [0.1, 0.15) is 17.2 Å². The molecule has 3 N–H and O–H groups in total. The Bertz CT molecular complexity index is 2090. The number of carbonyl (C=O) groups is 1. The summed E-state index contributed by atoms with van der Waals surface area (Å²) in [4.78, 5) is 22.5. The normalized spacial score (nSPS) is 13.0. The number of hydrogen-bond donors (Lipinski definition) is 2. The molecule has 2 aromatic heterocycles. The quantitative estimate of drug-likeness (QED) is 0.154. The Morgan fingerprint density at radius 3 is 1.36 bits per heavy atom. The number of aromatic nitrogens is 4. The summed E-state index contributed by atoms with van der Waals surface area (Å²) in [5.74, 6) is 1.74. The molecule has 4 aromatic carbocycles. The fraction of sp³-hybridized carbons (Fsp3) is 0.340. The highest BCUT2D eigenvalue weighted by molar-refractivity contribution is 5.68. The van der Waals surface area contributed by atoms with Crippen molar-refractivity contribution in [3.8, 4) is 22.5 Å². The van der Waals surface area contributed by atoms with Gasteiger partial charge >= 0.3 is 6.09 Å². The van der Waals surface area contributed by atoms with Crippen LogP contribution in [0.2, 0.25) is 0 Å². The van der Waals surface area contributed by atoms with Crippen molar-refractivity contribution in [2.45, 2.75) is 93.1 Å². The first kappa shape index (κ1) is 40.7. The van der Waals surface area contributed by atoms with Gasteiger partial charge in [-0.3, -0.25) is 0 Å². The highest BCUT2D eigenvalue weighted by Gasteiger charge is 2.34. The number of hydrogen-bond acceptors (Lipinski definition) is 5. The Balaban J connectivity index is 0.000000218. The van der Waals surface area contributed by atoms with Gasteiger partial charge in [0.2, 0.25) is 0 Å². The van der Waals surface area contributed by atoms with Crippen LogP contribution in [0, 0.1) is 10.8 Å². The van der Waals surface area contributed by atoms with Crippen molar-refractivity contribution in [3.05, 3.63) is 156 Å². The third-order valence-electron chi connectivity index (χ3n) is 9.14. The maximum atomic E-state index is 12.7. The summed E-state index contributed by atoms with van der Waals surface area (Å²) in [5.41, 5.74) is 12.1. The molecule has 55 heavy (non-hydrogen) atoms. The zero-order chi connectivity index (χ0) is 39.8. The van der Waals surface area contributed by atoms with Crippen LogP contribution in [0.3, 0.4) is 0 Å². The third kappa shape index (κ3) is 11.5. The van der Waals surface area contributed by atoms with Crippen LogP contribution in [-0.2, 0) is 17.8 Å². The first-order chi connectivity index (χ1) is 26.0. The molecule has 0 bridgehead atoms.